The topological polar surface area (TPSA) is 64.4 Å². The van der Waals surface area contributed by atoms with E-state index < -0.39 is 6.09 Å². The normalized spacial score (nSPS) is 16.1. The van der Waals surface area contributed by atoms with Gasteiger partial charge in [-0.05, 0) is 43.2 Å². The molecule has 2 heterocycles. The standard InChI is InChI=1S/C23H23N3O3/c1-16-11-17(2)26(24-16)20-10-6-9-19(12-20)14-22(27)25-15-21(29-23(25)28)13-18-7-4-3-5-8-18/h3-12,21H,13-15H2,1-2H3. The number of rotatable bonds is 5. The maximum atomic E-state index is 12.7. The Morgan fingerprint density at radius 3 is 2.55 bits per heavy atom. The maximum Gasteiger partial charge on any atom is 0.417 e. The van der Waals surface area contributed by atoms with E-state index in [2.05, 4.69) is 5.10 Å². The van der Waals surface area contributed by atoms with E-state index in [1.54, 1.807) is 0 Å². The van der Waals surface area contributed by atoms with Crippen LogP contribution in [0.5, 0.6) is 0 Å². The van der Waals surface area contributed by atoms with Crippen molar-refractivity contribution in [1.82, 2.24) is 14.7 Å². The number of amides is 2. The van der Waals surface area contributed by atoms with Crippen LogP contribution in [0.4, 0.5) is 4.79 Å². The molecule has 6 nitrogen and oxygen atoms in total. The first kappa shape index (κ1) is 18.9. The fourth-order valence-corrected chi connectivity index (χ4v) is 3.67. The van der Waals surface area contributed by atoms with E-state index in [9.17, 15) is 9.59 Å². The Morgan fingerprint density at radius 1 is 1.07 bits per heavy atom. The molecule has 1 aromatic heterocycles. The summed E-state index contributed by atoms with van der Waals surface area (Å²) in [5.41, 5.74) is 4.77. The van der Waals surface area contributed by atoms with Crippen molar-refractivity contribution in [3.8, 4) is 5.69 Å². The van der Waals surface area contributed by atoms with Crippen LogP contribution >= 0.6 is 0 Å². The number of aryl methyl sites for hydroxylation is 2. The van der Waals surface area contributed by atoms with E-state index in [1.165, 1.54) is 4.90 Å². The highest BCUT2D eigenvalue weighted by Gasteiger charge is 2.35. The van der Waals surface area contributed by atoms with Crippen molar-refractivity contribution in [3.05, 3.63) is 83.2 Å². The largest absolute Gasteiger partial charge is 0.444 e. The molecule has 2 aromatic carbocycles. The molecule has 1 aliphatic rings. The number of benzene rings is 2. The molecule has 1 saturated heterocycles. The molecule has 0 bridgehead atoms. The van der Waals surface area contributed by atoms with Crippen molar-refractivity contribution < 1.29 is 14.3 Å². The quantitative estimate of drug-likeness (QED) is 0.669. The monoisotopic (exact) mass is 389 g/mol. The van der Waals surface area contributed by atoms with Crippen LogP contribution in [0.2, 0.25) is 0 Å². The van der Waals surface area contributed by atoms with Gasteiger partial charge in [0.25, 0.3) is 0 Å². The Labute approximate surface area is 169 Å². The van der Waals surface area contributed by atoms with Crippen LogP contribution in [0.15, 0.2) is 60.7 Å². The minimum atomic E-state index is -0.564. The van der Waals surface area contributed by atoms with Gasteiger partial charge in [-0.25, -0.2) is 14.4 Å². The lowest BCUT2D eigenvalue weighted by Gasteiger charge is -2.12. The number of carbonyl (C=O) groups is 2. The number of hydrogen-bond acceptors (Lipinski definition) is 4. The van der Waals surface area contributed by atoms with E-state index in [-0.39, 0.29) is 25.0 Å². The van der Waals surface area contributed by atoms with Gasteiger partial charge in [-0.2, -0.15) is 5.10 Å². The van der Waals surface area contributed by atoms with Gasteiger partial charge in [-0.1, -0.05) is 42.5 Å². The number of cyclic esters (lactones) is 1. The molecule has 0 saturated carbocycles. The van der Waals surface area contributed by atoms with E-state index >= 15 is 0 Å². The van der Waals surface area contributed by atoms with E-state index in [0.717, 1.165) is 28.2 Å². The van der Waals surface area contributed by atoms with Gasteiger partial charge in [0.2, 0.25) is 5.91 Å². The number of nitrogens with zero attached hydrogens (tertiary/aromatic N) is 3. The molecule has 29 heavy (non-hydrogen) atoms. The number of aromatic nitrogens is 2. The molecule has 0 N–H and O–H groups in total. The zero-order valence-corrected chi connectivity index (χ0v) is 16.5. The zero-order chi connectivity index (χ0) is 20.4. The van der Waals surface area contributed by atoms with Crippen LogP contribution in [0.3, 0.4) is 0 Å². The lowest BCUT2D eigenvalue weighted by atomic mass is 10.1. The fraction of sp³-hybridized carbons (Fsp3) is 0.261. The highest BCUT2D eigenvalue weighted by molar-refractivity contribution is 5.94. The van der Waals surface area contributed by atoms with Crippen LogP contribution in [0.25, 0.3) is 5.69 Å². The number of ether oxygens (including phenoxy) is 1. The third-order valence-electron chi connectivity index (χ3n) is 5.00. The molecule has 0 spiro atoms. The van der Waals surface area contributed by atoms with Crippen molar-refractivity contribution in [2.45, 2.75) is 32.8 Å². The Morgan fingerprint density at radius 2 is 1.83 bits per heavy atom. The summed E-state index contributed by atoms with van der Waals surface area (Å²) < 4.78 is 7.25. The Kier molecular flexibility index (Phi) is 5.16. The first-order valence-electron chi connectivity index (χ1n) is 9.67. The third-order valence-corrected chi connectivity index (χ3v) is 5.00. The molecule has 0 aliphatic carbocycles. The summed E-state index contributed by atoms with van der Waals surface area (Å²) in [5.74, 6) is -0.254. The van der Waals surface area contributed by atoms with Gasteiger partial charge >= 0.3 is 6.09 Å². The molecule has 6 heteroatoms. The van der Waals surface area contributed by atoms with Crippen molar-refractivity contribution in [2.24, 2.45) is 0 Å². The average Bonchev–Trinajstić information content (AvgIpc) is 3.24. The lowest BCUT2D eigenvalue weighted by molar-refractivity contribution is -0.127. The molecule has 0 radical (unpaired) electrons. The second kappa shape index (κ2) is 7.91. The highest BCUT2D eigenvalue weighted by Crippen LogP contribution is 2.19. The minimum Gasteiger partial charge on any atom is -0.444 e. The van der Waals surface area contributed by atoms with E-state index in [1.807, 2.05) is 79.2 Å². The van der Waals surface area contributed by atoms with Crippen molar-refractivity contribution in [2.75, 3.05) is 6.54 Å². The van der Waals surface area contributed by atoms with Gasteiger partial charge in [0.1, 0.15) is 6.10 Å². The van der Waals surface area contributed by atoms with Gasteiger partial charge in [0.05, 0.1) is 24.3 Å². The first-order valence-corrected chi connectivity index (χ1v) is 9.67. The molecule has 2 amide bonds. The minimum absolute atomic E-state index is 0.139. The van der Waals surface area contributed by atoms with Crippen LogP contribution in [0.1, 0.15) is 22.5 Å². The molecular weight excluding hydrogens is 366 g/mol. The van der Waals surface area contributed by atoms with Gasteiger partial charge in [0, 0.05) is 12.1 Å². The maximum absolute atomic E-state index is 12.7. The second-order valence-corrected chi connectivity index (χ2v) is 7.39. The summed E-state index contributed by atoms with van der Waals surface area (Å²) in [6, 6.07) is 19.5. The van der Waals surface area contributed by atoms with Crippen molar-refractivity contribution in [3.63, 3.8) is 0 Å². The van der Waals surface area contributed by atoms with Crippen LogP contribution in [-0.2, 0) is 22.4 Å². The summed E-state index contributed by atoms with van der Waals surface area (Å²) >= 11 is 0. The highest BCUT2D eigenvalue weighted by atomic mass is 16.6. The lowest BCUT2D eigenvalue weighted by Crippen LogP contribution is -2.33. The van der Waals surface area contributed by atoms with E-state index in [4.69, 9.17) is 4.74 Å². The molecule has 1 aliphatic heterocycles. The number of imide groups is 1. The molecule has 4 rings (SSSR count). The predicted molar refractivity (Wildman–Crippen MR) is 109 cm³/mol. The van der Waals surface area contributed by atoms with Crippen molar-refractivity contribution in [1.29, 1.82) is 0 Å². The Bertz CT molecular complexity index is 1040. The van der Waals surface area contributed by atoms with Gasteiger partial charge in [-0.15, -0.1) is 0 Å². The molecule has 148 valence electrons. The second-order valence-electron chi connectivity index (χ2n) is 7.39. The first-order chi connectivity index (χ1) is 14.0. The third kappa shape index (κ3) is 4.21. The predicted octanol–water partition coefficient (Wildman–Crippen LogP) is 3.62. The fourth-order valence-electron chi connectivity index (χ4n) is 3.67. The molecule has 1 unspecified atom stereocenters. The number of hydrogen-bond donors (Lipinski definition) is 0. The van der Waals surface area contributed by atoms with Crippen LogP contribution in [0, 0.1) is 13.8 Å². The van der Waals surface area contributed by atoms with Gasteiger partial charge in [-0.3, -0.25) is 4.79 Å². The van der Waals surface area contributed by atoms with Gasteiger partial charge < -0.3 is 4.74 Å². The average molecular weight is 389 g/mol. The van der Waals surface area contributed by atoms with Gasteiger partial charge in [0.15, 0.2) is 0 Å². The van der Waals surface area contributed by atoms with Crippen molar-refractivity contribution >= 4 is 12.0 Å². The summed E-state index contributed by atoms with van der Waals surface area (Å²) in [6.07, 6.45) is -0.134. The SMILES string of the molecule is Cc1cc(C)n(-c2cccc(CC(=O)N3CC(Cc4ccccc4)OC3=O)c2)n1. The van der Waals surface area contributed by atoms with E-state index in [0.29, 0.717) is 6.42 Å². The summed E-state index contributed by atoms with van der Waals surface area (Å²) in [7, 11) is 0. The molecule has 1 atom stereocenters. The molecule has 1 fully saturated rings. The molecular formula is C23H23N3O3. The van der Waals surface area contributed by atoms with Crippen LogP contribution < -0.4 is 0 Å². The Balaban J connectivity index is 1.43. The summed E-state index contributed by atoms with van der Waals surface area (Å²) in [6.45, 7) is 4.22. The zero-order valence-electron chi connectivity index (χ0n) is 16.5. The number of carbonyl (C=O) groups excluding carboxylic acids is 2. The summed E-state index contributed by atoms with van der Waals surface area (Å²) in [5, 5.41) is 4.49. The summed E-state index contributed by atoms with van der Waals surface area (Å²) in [4.78, 5) is 26.2. The van der Waals surface area contributed by atoms with Crippen LogP contribution in [-0.4, -0.2) is 39.3 Å². The smallest absolute Gasteiger partial charge is 0.417 e. The molecule has 3 aromatic rings. The Hall–Kier alpha value is -3.41.